The number of ether oxygens (including phenoxy) is 1. The van der Waals surface area contributed by atoms with Gasteiger partial charge >= 0.3 is 0 Å². The Morgan fingerprint density at radius 2 is 2.05 bits per heavy atom. The van der Waals surface area contributed by atoms with Gasteiger partial charge in [-0.25, -0.2) is 13.6 Å². The van der Waals surface area contributed by atoms with Crippen LogP contribution in [0.5, 0.6) is 0 Å². The van der Waals surface area contributed by atoms with Crippen molar-refractivity contribution in [1.29, 1.82) is 5.26 Å². The molecular weight excluding hydrogens is 264 g/mol. The van der Waals surface area contributed by atoms with E-state index < -0.39 is 15.3 Å². The Bertz CT molecular complexity index is 575. The normalized spacial score (nSPS) is 23.8. The van der Waals surface area contributed by atoms with Crippen molar-refractivity contribution in [2.45, 2.75) is 18.1 Å². The molecule has 2 rings (SSSR count). The number of hydrogen-bond donors (Lipinski definition) is 1. The quantitative estimate of drug-likeness (QED) is 0.886. The molecule has 102 valence electrons. The van der Waals surface area contributed by atoms with E-state index in [-0.39, 0.29) is 5.92 Å². The standard InChI is InChI=1S/C13H16N2O3S/c14-8-11-3-1-10(2-4-11)7-12-9-18-6-5-13(12)19(15,16)17/h1-4,12-13H,5-7,9H2,(H2,15,16,17). The molecule has 0 spiro atoms. The Balaban J connectivity index is 2.13. The maximum atomic E-state index is 11.6. The van der Waals surface area contributed by atoms with E-state index in [2.05, 4.69) is 6.07 Å². The maximum absolute atomic E-state index is 11.6. The minimum absolute atomic E-state index is 0.128. The number of rotatable bonds is 3. The van der Waals surface area contributed by atoms with Crippen LogP contribution >= 0.6 is 0 Å². The minimum atomic E-state index is -3.54. The van der Waals surface area contributed by atoms with E-state index in [1.807, 2.05) is 12.1 Å². The predicted octanol–water partition coefficient (Wildman–Crippen LogP) is 0.794. The van der Waals surface area contributed by atoms with Crippen molar-refractivity contribution in [1.82, 2.24) is 0 Å². The van der Waals surface area contributed by atoms with E-state index in [9.17, 15) is 8.42 Å². The Morgan fingerprint density at radius 1 is 1.37 bits per heavy atom. The molecule has 1 aliphatic heterocycles. The lowest BCUT2D eigenvalue weighted by Gasteiger charge is -2.29. The van der Waals surface area contributed by atoms with Crippen molar-refractivity contribution in [2.75, 3.05) is 13.2 Å². The van der Waals surface area contributed by atoms with E-state index in [1.165, 1.54) is 0 Å². The number of benzene rings is 1. The zero-order chi connectivity index (χ0) is 13.9. The first kappa shape index (κ1) is 14.0. The van der Waals surface area contributed by atoms with Gasteiger partial charge < -0.3 is 4.74 Å². The third kappa shape index (κ3) is 3.53. The number of primary sulfonamides is 1. The summed E-state index contributed by atoms with van der Waals surface area (Å²) < 4.78 is 28.5. The average Bonchev–Trinajstić information content (AvgIpc) is 2.39. The molecule has 2 unspecified atom stereocenters. The highest BCUT2D eigenvalue weighted by molar-refractivity contribution is 7.89. The highest BCUT2D eigenvalue weighted by atomic mass is 32.2. The first-order chi connectivity index (χ1) is 9.00. The van der Waals surface area contributed by atoms with Crippen LogP contribution in [0.3, 0.4) is 0 Å². The van der Waals surface area contributed by atoms with Gasteiger partial charge in [-0.3, -0.25) is 0 Å². The molecule has 5 nitrogen and oxygen atoms in total. The third-order valence-electron chi connectivity index (χ3n) is 3.41. The third-order valence-corrected chi connectivity index (χ3v) is 4.87. The molecular formula is C13H16N2O3S. The van der Waals surface area contributed by atoms with Crippen molar-refractivity contribution < 1.29 is 13.2 Å². The van der Waals surface area contributed by atoms with Gasteiger partial charge in [0.15, 0.2) is 0 Å². The second kappa shape index (κ2) is 5.70. The predicted molar refractivity (Wildman–Crippen MR) is 70.7 cm³/mol. The summed E-state index contributed by atoms with van der Waals surface area (Å²) in [6.45, 7) is 0.839. The van der Waals surface area contributed by atoms with Crippen molar-refractivity contribution in [3.63, 3.8) is 0 Å². The summed E-state index contributed by atoms with van der Waals surface area (Å²) in [6, 6.07) is 9.19. The molecule has 1 saturated heterocycles. The summed E-state index contributed by atoms with van der Waals surface area (Å²) in [7, 11) is -3.54. The van der Waals surface area contributed by atoms with E-state index >= 15 is 0 Å². The fourth-order valence-electron chi connectivity index (χ4n) is 2.42. The van der Waals surface area contributed by atoms with Gasteiger partial charge in [0.25, 0.3) is 0 Å². The molecule has 0 aliphatic carbocycles. The van der Waals surface area contributed by atoms with E-state index in [0.717, 1.165) is 5.56 Å². The molecule has 19 heavy (non-hydrogen) atoms. The molecule has 6 heteroatoms. The van der Waals surface area contributed by atoms with Crippen LogP contribution in [0.2, 0.25) is 0 Å². The van der Waals surface area contributed by atoms with Gasteiger partial charge in [-0.15, -0.1) is 0 Å². The Kier molecular flexibility index (Phi) is 4.20. The second-order valence-electron chi connectivity index (χ2n) is 4.76. The van der Waals surface area contributed by atoms with Crippen LogP contribution in [0.4, 0.5) is 0 Å². The molecule has 1 aromatic rings. The van der Waals surface area contributed by atoms with E-state index in [1.54, 1.807) is 12.1 Å². The molecule has 1 aliphatic rings. The summed E-state index contributed by atoms with van der Waals surface area (Å²) in [5, 5.41) is 13.5. The molecule has 0 aromatic heterocycles. The fourth-order valence-corrected chi connectivity index (χ4v) is 3.55. The molecule has 0 saturated carbocycles. The highest BCUT2D eigenvalue weighted by Crippen LogP contribution is 2.24. The van der Waals surface area contributed by atoms with Gasteiger partial charge in [-0.2, -0.15) is 5.26 Å². The molecule has 1 aromatic carbocycles. The molecule has 0 bridgehead atoms. The zero-order valence-corrected chi connectivity index (χ0v) is 11.3. The number of sulfonamides is 1. The number of nitrogens with two attached hydrogens (primary N) is 1. The van der Waals surface area contributed by atoms with Crippen LogP contribution in [0.1, 0.15) is 17.5 Å². The Labute approximate surface area is 113 Å². The van der Waals surface area contributed by atoms with Crippen LogP contribution in [0.15, 0.2) is 24.3 Å². The topological polar surface area (TPSA) is 93.2 Å². The number of hydrogen-bond acceptors (Lipinski definition) is 4. The molecule has 1 heterocycles. The lowest BCUT2D eigenvalue weighted by atomic mass is 9.93. The van der Waals surface area contributed by atoms with Crippen molar-refractivity contribution in [2.24, 2.45) is 11.1 Å². The molecule has 0 amide bonds. The number of nitriles is 1. The fraction of sp³-hybridized carbons (Fsp3) is 0.462. The van der Waals surface area contributed by atoms with Crippen molar-refractivity contribution in [3.05, 3.63) is 35.4 Å². The molecule has 0 radical (unpaired) electrons. The van der Waals surface area contributed by atoms with Gasteiger partial charge in [0.05, 0.1) is 23.5 Å². The van der Waals surface area contributed by atoms with Crippen molar-refractivity contribution >= 4 is 10.0 Å². The lowest BCUT2D eigenvalue weighted by molar-refractivity contribution is 0.0572. The van der Waals surface area contributed by atoms with Gasteiger partial charge in [-0.05, 0) is 30.5 Å². The Morgan fingerprint density at radius 3 is 2.63 bits per heavy atom. The van der Waals surface area contributed by atoms with Gasteiger partial charge in [0.1, 0.15) is 0 Å². The molecule has 1 fully saturated rings. The van der Waals surface area contributed by atoms with Crippen LogP contribution in [0, 0.1) is 17.2 Å². The Hall–Kier alpha value is -1.42. The summed E-state index contributed by atoms with van der Waals surface area (Å²) in [6.07, 6.45) is 1.03. The van der Waals surface area contributed by atoms with Crippen LogP contribution in [0.25, 0.3) is 0 Å². The largest absolute Gasteiger partial charge is 0.381 e. The minimum Gasteiger partial charge on any atom is -0.381 e. The molecule has 2 atom stereocenters. The summed E-state index contributed by atoms with van der Waals surface area (Å²) >= 11 is 0. The van der Waals surface area contributed by atoms with Crippen LogP contribution < -0.4 is 5.14 Å². The van der Waals surface area contributed by atoms with Crippen molar-refractivity contribution in [3.8, 4) is 6.07 Å². The first-order valence-electron chi connectivity index (χ1n) is 6.09. The SMILES string of the molecule is N#Cc1ccc(CC2COCCC2S(N)(=O)=O)cc1. The maximum Gasteiger partial charge on any atom is 0.212 e. The zero-order valence-electron chi connectivity index (χ0n) is 10.5. The monoisotopic (exact) mass is 280 g/mol. The van der Waals surface area contributed by atoms with E-state index in [4.69, 9.17) is 15.1 Å². The summed E-state index contributed by atoms with van der Waals surface area (Å²) in [5.74, 6) is -0.128. The lowest BCUT2D eigenvalue weighted by Crippen LogP contribution is -2.42. The first-order valence-corrected chi connectivity index (χ1v) is 7.70. The van der Waals surface area contributed by atoms with E-state index in [0.29, 0.717) is 31.6 Å². The van der Waals surface area contributed by atoms with Crippen LogP contribution in [-0.2, 0) is 21.2 Å². The second-order valence-corrected chi connectivity index (χ2v) is 6.55. The van der Waals surface area contributed by atoms with Crippen LogP contribution in [-0.4, -0.2) is 26.9 Å². The molecule has 2 N–H and O–H groups in total. The highest BCUT2D eigenvalue weighted by Gasteiger charge is 2.33. The summed E-state index contributed by atoms with van der Waals surface area (Å²) in [4.78, 5) is 0. The smallest absolute Gasteiger partial charge is 0.212 e. The van der Waals surface area contributed by atoms with Gasteiger partial charge in [0.2, 0.25) is 10.0 Å². The number of nitrogens with zero attached hydrogens (tertiary/aromatic N) is 1. The van der Waals surface area contributed by atoms with Gasteiger partial charge in [0, 0.05) is 12.5 Å². The average molecular weight is 280 g/mol. The van der Waals surface area contributed by atoms with Gasteiger partial charge in [-0.1, -0.05) is 12.1 Å². The summed E-state index contributed by atoms with van der Waals surface area (Å²) in [5.41, 5.74) is 1.58.